The van der Waals surface area contributed by atoms with Gasteiger partial charge in [-0.25, -0.2) is 4.79 Å². The van der Waals surface area contributed by atoms with Gasteiger partial charge in [0.25, 0.3) is 0 Å². The van der Waals surface area contributed by atoms with Gasteiger partial charge in [0.15, 0.2) is 0 Å². The van der Waals surface area contributed by atoms with Crippen molar-refractivity contribution in [1.29, 1.82) is 0 Å². The minimum atomic E-state index is -0.302. The monoisotopic (exact) mass is 406 g/mol. The van der Waals surface area contributed by atoms with Crippen molar-refractivity contribution < 1.29 is 4.42 Å². The maximum absolute atomic E-state index is 10.7. The van der Waals surface area contributed by atoms with Gasteiger partial charge >= 0.3 is 5.63 Å². The molecule has 6 aromatic rings. The molecule has 6 heteroatoms. The summed E-state index contributed by atoms with van der Waals surface area (Å²) in [6.45, 7) is 0. The van der Waals surface area contributed by atoms with Crippen molar-refractivity contribution in [3.63, 3.8) is 0 Å². The summed E-state index contributed by atoms with van der Waals surface area (Å²) in [7, 11) is 0. The molecule has 0 aliphatic rings. The Morgan fingerprint density at radius 3 is 1.61 bits per heavy atom. The van der Waals surface area contributed by atoms with Crippen LogP contribution < -0.4 is 5.63 Å². The smallest absolute Gasteiger partial charge is 0.336 e. The first kappa shape index (κ1) is 19.8. The second-order valence-corrected chi connectivity index (χ2v) is 6.40. The van der Waals surface area contributed by atoms with E-state index >= 15 is 0 Å². The molecule has 0 atom stereocenters. The normalized spacial score (nSPS) is 10.1. The zero-order chi connectivity index (χ0) is 21.3. The van der Waals surface area contributed by atoms with Gasteiger partial charge in [-0.1, -0.05) is 42.5 Å². The van der Waals surface area contributed by atoms with E-state index in [1.807, 2.05) is 30.3 Å². The Morgan fingerprint density at radius 2 is 1.03 bits per heavy atom. The van der Waals surface area contributed by atoms with Crippen molar-refractivity contribution in [3.8, 4) is 0 Å². The van der Waals surface area contributed by atoms with Crippen LogP contribution in [0, 0.1) is 0 Å². The molecule has 0 saturated carbocycles. The third-order valence-corrected chi connectivity index (χ3v) is 4.35. The molecule has 4 aromatic heterocycles. The topological polar surface area (TPSA) is 81.8 Å². The molecule has 0 spiro atoms. The van der Waals surface area contributed by atoms with E-state index in [9.17, 15) is 4.79 Å². The minimum absolute atomic E-state index is 0.302. The van der Waals surface area contributed by atoms with Crippen LogP contribution in [0.5, 0.6) is 0 Å². The van der Waals surface area contributed by atoms with E-state index in [-0.39, 0.29) is 5.63 Å². The number of hydrogen-bond acceptors (Lipinski definition) is 6. The van der Waals surface area contributed by atoms with E-state index in [2.05, 4.69) is 44.2 Å². The van der Waals surface area contributed by atoms with E-state index in [1.165, 1.54) is 6.07 Å². The van der Waals surface area contributed by atoms with E-state index < -0.39 is 0 Å². The minimum Gasteiger partial charge on any atom is -0.423 e. The molecule has 6 nitrogen and oxygen atoms in total. The number of benzene rings is 2. The second-order valence-electron chi connectivity index (χ2n) is 6.40. The molecule has 31 heavy (non-hydrogen) atoms. The van der Waals surface area contributed by atoms with Crippen LogP contribution in [0.25, 0.3) is 32.8 Å². The van der Waals surface area contributed by atoms with E-state index in [4.69, 9.17) is 4.42 Å². The maximum Gasteiger partial charge on any atom is 0.336 e. The Morgan fingerprint density at radius 1 is 0.516 bits per heavy atom. The molecule has 4 heterocycles. The van der Waals surface area contributed by atoms with Gasteiger partial charge in [0.05, 0.1) is 11.0 Å². The fraction of sp³-hybridized carbons (Fsp3) is 0. The number of fused-ring (bicyclic) bond motifs is 4. The molecule has 0 amide bonds. The Labute approximate surface area is 177 Å². The SMILES string of the molecule is O=c1ccc2ccccc2o1.c1cnc2c(c1)ccc1cccnc12.c1cnccn1. The summed E-state index contributed by atoms with van der Waals surface area (Å²) in [5, 5.41) is 3.23. The van der Waals surface area contributed by atoms with Gasteiger partial charge in [-0.2, -0.15) is 0 Å². The van der Waals surface area contributed by atoms with Crippen molar-refractivity contribution in [2.75, 3.05) is 0 Å². The molecule has 0 N–H and O–H groups in total. The highest BCUT2D eigenvalue weighted by atomic mass is 16.4. The predicted octanol–water partition coefficient (Wildman–Crippen LogP) is 5.05. The Bertz CT molecular complexity index is 1390. The zero-order valence-electron chi connectivity index (χ0n) is 16.5. The van der Waals surface area contributed by atoms with Gasteiger partial charge < -0.3 is 4.42 Å². The quantitative estimate of drug-likeness (QED) is 0.259. The van der Waals surface area contributed by atoms with E-state index in [0.717, 1.165) is 27.2 Å². The summed E-state index contributed by atoms with van der Waals surface area (Å²) in [5.41, 5.74) is 2.29. The average molecular weight is 406 g/mol. The summed E-state index contributed by atoms with van der Waals surface area (Å²) in [6, 6.07) is 22.7. The summed E-state index contributed by atoms with van der Waals surface area (Å²) in [6.07, 6.45) is 10.2. The summed E-state index contributed by atoms with van der Waals surface area (Å²) in [5.74, 6) is 0. The fourth-order valence-corrected chi connectivity index (χ4v) is 2.94. The van der Waals surface area contributed by atoms with Gasteiger partial charge in [0.2, 0.25) is 0 Å². The highest BCUT2D eigenvalue weighted by molar-refractivity contribution is 6.02. The Kier molecular flexibility index (Phi) is 6.30. The van der Waals surface area contributed by atoms with E-state index in [1.54, 1.807) is 49.3 Å². The summed E-state index contributed by atoms with van der Waals surface area (Å²) >= 11 is 0. The Hall–Kier alpha value is -4.45. The van der Waals surface area contributed by atoms with Crippen LogP contribution in [0.4, 0.5) is 0 Å². The van der Waals surface area contributed by atoms with E-state index in [0.29, 0.717) is 5.58 Å². The maximum atomic E-state index is 10.7. The lowest BCUT2D eigenvalue weighted by atomic mass is 10.1. The molecule has 2 aromatic carbocycles. The highest BCUT2D eigenvalue weighted by Gasteiger charge is 2.00. The molecular formula is C25H18N4O2. The van der Waals surface area contributed by atoms with Crippen LogP contribution in [0.1, 0.15) is 0 Å². The van der Waals surface area contributed by atoms with Gasteiger partial charge in [-0.15, -0.1) is 0 Å². The zero-order valence-corrected chi connectivity index (χ0v) is 16.5. The number of nitrogens with zero attached hydrogens (tertiary/aromatic N) is 4. The largest absolute Gasteiger partial charge is 0.423 e. The number of para-hydroxylation sites is 1. The Balaban J connectivity index is 0.000000121. The van der Waals surface area contributed by atoms with Crippen LogP contribution in [0.2, 0.25) is 0 Å². The van der Waals surface area contributed by atoms with Crippen molar-refractivity contribution in [3.05, 3.63) is 120 Å². The molecular weight excluding hydrogens is 388 g/mol. The van der Waals surface area contributed by atoms with Crippen LogP contribution in [0.3, 0.4) is 0 Å². The first-order valence-electron chi connectivity index (χ1n) is 9.58. The number of hydrogen-bond donors (Lipinski definition) is 0. The van der Waals surface area contributed by atoms with Crippen molar-refractivity contribution >= 4 is 32.8 Å². The molecule has 0 unspecified atom stereocenters. The molecule has 0 radical (unpaired) electrons. The summed E-state index contributed by atoms with van der Waals surface area (Å²) in [4.78, 5) is 26.9. The lowest BCUT2D eigenvalue weighted by Crippen LogP contribution is -1.93. The van der Waals surface area contributed by atoms with Crippen LogP contribution >= 0.6 is 0 Å². The fourth-order valence-electron chi connectivity index (χ4n) is 2.94. The van der Waals surface area contributed by atoms with Gasteiger partial charge in [-0.3, -0.25) is 19.9 Å². The van der Waals surface area contributed by atoms with Crippen molar-refractivity contribution in [2.24, 2.45) is 0 Å². The number of aromatic nitrogens is 4. The standard InChI is InChI=1S/C12H8N2.C9H6O2.C4H4N2/c1-3-9-5-6-10-4-2-8-14-12(10)11(9)13-7-1;10-9-6-5-7-3-1-2-4-8(7)11-9;1-2-6-4-3-5-1/h1-8H;1-6H;1-4H. The lowest BCUT2D eigenvalue weighted by molar-refractivity contribution is 0.561. The highest BCUT2D eigenvalue weighted by Crippen LogP contribution is 2.20. The van der Waals surface area contributed by atoms with Crippen molar-refractivity contribution in [1.82, 2.24) is 19.9 Å². The first-order valence-corrected chi connectivity index (χ1v) is 9.58. The van der Waals surface area contributed by atoms with Gasteiger partial charge in [0, 0.05) is 59.4 Å². The number of rotatable bonds is 0. The molecule has 0 aliphatic heterocycles. The third kappa shape index (κ3) is 5.13. The van der Waals surface area contributed by atoms with Crippen LogP contribution in [-0.2, 0) is 0 Å². The lowest BCUT2D eigenvalue weighted by Gasteiger charge is -2.00. The molecule has 0 fully saturated rings. The molecule has 0 saturated heterocycles. The predicted molar refractivity (Wildman–Crippen MR) is 122 cm³/mol. The first-order chi connectivity index (χ1) is 15.3. The molecule has 0 aliphatic carbocycles. The molecule has 6 rings (SSSR count). The molecule has 150 valence electrons. The van der Waals surface area contributed by atoms with Gasteiger partial charge in [0.1, 0.15) is 5.58 Å². The van der Waals surface area contributed by atoms with Crippen molar-refractivity contribution in [2.45, 2.75) is 0 Å². The number of pyridine rings is 2. The second kappa shape index (κ2) is 9.84. The van der Waals surface area contributed by atoms with Gasteiger partial charge in [-0.05, 0) is 24.3 Å². The van der Waals surface area contributed by atoms with Crippen LogP contribution in [-0.4, -0.2) is 19.9 Å². The average Bonchev–Trinajstić information content (AvgIpc) is 2.86. The third-order valence-electron chi connectivity index (χ3n) is 4.35. The molecule has 0 bridgehead atoms. The summed E-state index contributed by atoms with van der Waals surface area (Å²) < 4.78 is 4.91. The van der Waals surface area contributed by atoms with Crippen LogP contribution in [0.15, 0.2) is 119 Å².